The molecule has 1 amide bonds. The van der Waals surface area contributed by atoms with E-state index in [1.165, 1.54) is 6.07 Å². The van der Waals surface area contributed by atoms with Crippen LogP contribution in [-0.2, 0) is 17.6 Å². The Morgan fingerprint density at radius 1 is 1.16 bits per heavy atom. The summed E-state index contributed by atoms with van der Waals surface area (Å²) in [6, 6.07) is 10.2. The lowest BCUT2D eigenvalue weighted by atomic mass is 9.91. The number of aryl methyl sites for hydroxylation is 1. The second kappa shape index (κ2) is 9.20. The van der Waals surface area contributed by atoms with E-state index in [9.17, 15) is 14.4 Å². The predicted octanol–water partition coefficient (Wildman–Crippen LogP) is 2.90. The van der Waals surface area contributed by atoms with Crippen molar-refractivity contribution < 1.29 is 13.9 Å². The monoisotopic (exact) mass is 422 g/mol. The highest BCUT2D eigenvalue weighted by Crippen LogP contribution is 2.24. The summed E-state index contributed by atoms with van der Waals surface area (Å²) in [6.07, 6.45) is 5.25. The summed E-state index contributed by atoms with van der Waals surface area (Å²) in [5.74, 6) is 0.948. The molecule has 0 radical (unpaired) electrons. The first-order chi connectivity index (χ1) is 15.0. The third kappa shape index (κ3) is 5.05. The molecule has 1 aliphatic heterocycles. The summed E-state index contributed by atoms with van der Waals surface area (Å²) in [6.45, 7) is 3.33. The highest BCUT2D eigenvalue weighted by Gasteiger charge is 2.23. The smallest absolute Gasteiger partial charge is 0.336 e. The fourth-order valence-corrected chi connectivity index (χ4v) is 4.12. The quantitative estimate of drug-likeness (QED) is 0.617. The van der Waals surface area contributed by atoms with Crippen LogP contribution in [0.1, 0.15) is 30.9 Å². The van der Waals surface area contributed by atoms with Crippen LogP contribution in [0.25, 0.3) is 11.0 Å². The van der Waals surface area contributed by atoms with Crippen LogP contribution in [0.4, 0.5) is 0 Å². The minimum atomic E-state index is -0.387. The Balaban J connectivity index is 1.31. The number of ether oxygens (including phenoxy) is 1. The molecule has 7 heteroatoms. The second-order valence-electron chi connectivity index (χ2n) is 7.98. The molecular formula is C24H26N2O5. The average molecular weight is 422 g/mol. The van der Waals surface area contributed by atoms with E-state index in [-0.39, 0.29) is 23.7 Å². The molecule has 31 heavy (non-hydrogen) atoms. The van der Waals surface area contributed by atoms with Gasteiger partial charge in [-0.1, -0.05) is 13.0 Å². The summed E-state index contributed by atoms with van der Waals surface area (Å²) in [5.41, 5.74) is 2.03. The molecule has 0 atom stereocenters. The minimum absolute atomic E-state index is 0.0478. The largest absolute Gasteiger partial charge is 0.484 e. The first-order valence-corrected chi connectivity index (χ1v) is 10.7. The molecule has 1 N–H and O–H groups in total. The number of aromatic nitrogens is 1. The molecule has 3 aromatic rings. The summed E-state index contributed by atoms with van der Waals surface area (Å²) < 4.78 is 11.0. The number of fused-ring (bicyclic) bond motifs is 1. The highest BCUT2D eigenvalue weighted by atomic mass is 16.5. The molecular weight excluding hydrogens is 396 g/mol. The molecule has 7 nitrogen and oxygen atoms in total. The second-order valence-corrected chi connectivity index (χ2v) is 7.98. The Labute approximate surface area is 179 Å². The Bertz CT molecular complexity index is 1170. The van der Waals surface area contributed by atoms with E-state index in [1.807, 2.05) is 24.0 Å². The van der Waals surface area contributed by atoms with Gasteiger partial charge in [0.25, 0.3) is 5.91 Å². The molecule has 0 bridgehead atoms. The Morgan fingerprint density at radius 2 is 1.97 bits per heavy atom. The summed E-state index contributed by atoms with van der Waals surface area (Å²) in [5, 5.41) is 0.880. The van der Waals surface area contributed by atoms with Crippen molar-refractivity contribution in [3.05, 3.63) is 74.5 Å². The third-order valence-electron chi connectivity index (χ3n) is 5.89. The van der Waals surface area contributed by atoms with Crippen LogP contribution >= 0.6 is 0 Å². The summed E-state index contributed by atoms with van der Waals surface area (Å²) in [7, 11) is 0. The van der Waals surface area contributed by atoms with Gasteiger partial charge in [0.2, 0.25) is 5.56 Å². The van der Waals surface area contributed by atoms with Crippen molar-refractivity contribution in [2.75, 3.05) is 19.7 Å². The number of nitrogens with zero attached hydrogens (tertiary/aromatic N) is 1. The molecule has 1 fully saturated rings. The SMILES string of the molecule is CCc1cc(=O)oc2cc(OCC(=O)N3CCC(Cc4ccc(=O)[nH]c4)CC3)ccc12. The summed E-state index contributed by atoms with van der Waals surface area (Å²) >= 11 is 0. The van der Waals surface area contributed by atoms with Crippen LogP contribution in [-0.4, -0.2) is 35.5 Å². The number of H-pyrrole nitrogens is 1. The third-order valence-corrected chi connectivity index (χ3v) is 5.89. The lowest BCUT2D eigenvalue weighted by Gasteiger charge is -2.32. The van der Waals surface area contributed by atoms with Crippen LogP contribution in [0.2, 0.25) is 0 Å². The number of likely N-dealkylation sites (tertiary alicyclic amines) is 1. The maximum atomic E-state index is 12.6. The minimum Gasteiger partial charge on any atom is -0.484 e. The van der Waals surface area contributed by atoms with Crippen LogP contribution in [0.15, 0.2) is 56.6 Å². The number of piperidine rings is 1. The molecule has 3 heterocycles. The maximum Gasteiger partial charge on any atom is 0.336 e. The van der Waals surface area contributed by atoms with Gasteiger partial charge in [-0.25, -0.2) is 4.79 Å². The van der Waals surface area contributed by atoms with Gasteiger partial charge in [0.05, 0.1) is 0 Å². The predicted molar refractivity (Wildman–Crippen MR) is 117 cm³/mol. The Hall–Kier alpha value is -3.35. The molecule has 4 rings (SSSR count). The van der Waals surface area contributed by atoms with Crippen molar-refractivity contribution in [2.45, 2.75) is 32.6 Å². The topological polar surface area (TPSA) is 92.6 Å². The number of hydrogen-bond donors (Lipinski definition) is 1. The molecule has 0 spiro atoms. The zero-order valence-electron chi connectivity index (χ0n) is 17.6. The highest BCUT2D eigenvalue weighted by molar-refractivity contribution is 5.82. The number of amides is 1. The van der Waals surface area contributed by atoms with Gasteiger partial charge in [0.1, 0.15) is 11.3 Å². The van der Waals surface area contributed by atoms with Crippen molar-refractivity contribution in [3.8, 4) is 5.75 Å². The van der Waals surface area contributed by atoms with Crippen molar-refractivity contribution in [1.82, 2.24) is 9.88 Å². The zero-order valence-corrected chi connectivity index (χ0v) is 17.6. The van der Waals surface area contributed by atoms with Gasteiger partial charge in [0, 0.05) is 42.9 Å². The van der Waals surface area contributed by atoms with E-state index in [0.29, 0.717) is 30.3 Å². The van der Waals surface area contributed by atoms with Gasteiger partial charge in [-0.3, -0.25) is 9.59 Å². The first kappa shape index (κ1) is 20.9. The van der Waals surface area contributed by atoms with E-state index >= 15 is 0 Å². The molecule has 1 saturated heterocycles. The Morgan fingerprint density at radius 3 is 2.68 bits per heavy atom. The maximum absolute atomic E-state index is 12.6. The fourth-order valence-electron chi connectivity index (χ4n) is 4.12. The van der Waals surface area contributed by atoms with Crippen LogP contribution < -0.4 is 15.9 Å². The van der Waals surface area contributed by atoms with Gasteiger partial charge in [0.15, 0.2) is 6.61 Å². The molecule has 0 saturated carbocycles. The first-order valence-electron chi connectivity index (χ1n) is 10.7. The number of carbonyl (C=O) groups excluding carboxylic acids is 1. The van der Waals surface area contributed by atoms with Crippen LogP contribution in [0.3, 0.4) is 0 Å². The Kier molecular flexibility index (Phi) is 6.21. The molecule has 162 valence electrons. The number of carbonyl (C=O) groups is 1. The van der Waals surface area contributed by atoms with Crippen molar-refractivity contribution in [2.24, 2.45) is 5.92 Å². The molecule has 0 unspecified atom stereocenters. The van der Waals surface area contributed by atoms with Gasteiger partial charge in [-0.2, -0.15) is 0 Å². The molecule has 1 aromatic carbocycles. The van der Waals surface area contributed by atoms with Crippen molar-refractivity contribution in [3.63, 3.8) is 0 Å². The van der Waals surface area contributed by atoms with E-state index in [4.69, 9.17) is 9.15 Å². The number of rotatable bonds is 6. The molecule has 1 aliphatic rings. The van der Waals surface area contributed by atoms with E-state index in [2.05, 4.69) is 4.98 Å². The number of aromatic amines is 1. The molecule has 0 aliphatic carbocycles. The fraction of sp³-hybridized carbons (Fsp3) is 0.375. The van der Waals surface area contributed by atoms with Crippen LogP contribution in [0.5, 0.6) is 5.75 Å². The van der Waals surface area contributed by atoms with E-state index < -0.39 is 0 Å². The molecule has 2 aromatic heterocycles. The summed E-state index contributed by atoms with van der Waals surface area (Å²) in [4.78, 5) is 40.0. The van der Waals surface area contributed by atoms with Crippen LogP contribution in [0, 0.1) is 5.92 Å². The zero-order chi connectivity index (χ0) is 21.8. The van der Waals surface area contributed by atoms with E-state index in [1.54, 1.807) is 24.4 Å². The number of pyridine rings is 1. The van der Waals surface area contributed by atoms with E-state index in [0.717, 1.165) is 42.2 Å². The van der Waals surface area contributed by atoms with Gasteiger partial charge >= 0.3 is 5.63 Å². The lowest BCUT2D eigenvalue weighted by Crippen LogP contribution is -2.41. The van der Waals surface area contributed by atoms with Crippen molar-refractivity contribution >= 4 is 16.9 Å². The number of nitrogens with one attached hydrogen (secondary N) is 1. The number of benzene rings is 1. The normalized spacial score (nSPS) is 14.7. The van der Waals surface area contributed by atoms with Gasteiger partial charge < -0.3 is 19.0 Å². The average Bonchev–Trinajstić information content (AvgIpc) is 2.78. The standard InChI is InChI=1S/C24H26N2O5/c1-2-18-12-24(29)31-21-13-19(4-5-20(18)21)30-15-23(28)26-9-7-16(8-10-26)11-17-3-6-22(27)25-14-17/h3-6,12-14,16H,2,7-11,15H2,1H3,(H,25,27). The van der Waals surface area contributed by atoms with Crippen molar-refractivity contribution in [1.29, 1.82) is 0 Å². The number of hydrogen-bond acceptors (Lipinski definition) is 5. The lowest BCUT2D eigenvalue weighted by molar-refractivity contribution is -0.134. The van der Waals surface area contributed by atoms with Gasteiger partial charge in [-0.05, 0) is 54.9 Å². The van der Waals surface area contributed by atoms with Gasteiger partial charge in [-0.15, -0.1) is 0 Å².